The molecule has 2 aromatic heterocycles. The Kier molecular flexibility index (Phi) is 4.76. The lowest BCUT2D eigenvalue weighted by Crippen LogP contribution is -2.34. The molecule has 0 fully saturated rings. The number of hydrogen-bond acceptors (Lipinski definition) is 5. The van der Waals surface area contributed by atoms with Gasteiger partial charge in [-0.2, -0.15) is 0 Å². The molecular weight excluding hydrogens is 304 g/mol. The van der Waals surface area contributed by atoms with Gasteiger partial charge in [0.15, 0.2) is 0 Å². The Morgan fingerprint density at radius 3 is 2.79 bits per heavy atom. The summed E-state index contributed by atoms with van der Waals surface area (Å²) in [6.07, 6.45) is 1.61. The van der Waals surface area contributed by atoms with Crippen LogP contribution in [0.2, 0.25) is 0 Å². The first-order valence-corrected chi connectivity index (χ1v) is 8.17. The monoisotopic (exact) mass is 326 g/mol. The summed E-state index contributed by atoms with van der Waals surface area (Å²) in [4.78, 5) is 16.8. The van der Waals surface area contributed by atoms with Crippen LogP contribution in [0, 0.1) is 0 Å². The second kappa shape index (κ2) is 6.97. The van der Waals surface area contributed by atoms with E-state index in [1.54, 1.807) is 10.9 Å². The van der Waals surface area contributed by atoms with Gasteiger partial charge in [-0.3, -0.25) is 9.36 Å². The van der Waals surface area contributed by atoms with E-state index < -0.39 is 0 Å². The fraction of sp³-hybridized carbons (Fsp3) is 0.389. The Labute approximate surface area is 140 Å². The van der Waals surface area contributed by atoms with Gasteiger partial charge in [-0.15, -0.1) is 0 Å². The van der Waals surface area contributed by atoms with Gasteiger partial charge in [0.05, 0.1) is 22.9 Å². The van der Waals surface area contributed by atoms with Crippen molar-refractivity contribution in [3.8, 4) is 0 Å². The fourth-order valence-corrected chi connectivity index (χ4v) is 2.56. The molecule has 0 saturated carbocycles. The molecule has 3 aromatic rings. The van der Waals surface area contributed by atoms with Crippen molar-refractivity contribution in [2.45, 2.75) is 45.8 Å². The molecule has 3 rings (SSSR count). The van der Waals surface area contributed by atoms with Gasteiger partial charge in [0.25, 0.3) is 5.56 Å². The molecule has 0 aliphatic heterocycles. The zero-order valence-electron chi connectivity index (χ0n) is 14.2. The van der Waals surface area contributed by atoms with Gasteiger partial charge < -0.3 is 9.84 Å². The molecule has 24 heavy (non-hydrogen) atoms. The molecule has 0 amide bonds. The van der Waals surface area contributed by atoms with Gasteiger partial charge in [-0.05, 0) is 19.1 Å². The lowest BCUT2D eigenvalue weighted by molar-refractivity contribution is 0.361. The van der Waals surface area contributed by atoms with E-state index in [4.69, 9.17) is 4.52 Å². The number of nitrogens with one attached hydrogen (secondary N) is 1. The first-order valence-electron chi connectivity index (χ1n) is 8.17. The third kappa shape index (κ3) is 3.54. The van der Waals surface area contributed by atoms with Gasteiger partial charge in [-0.1, -0.05) is 31.1 Å². The van der Waals surface area contributed by atoms with E-state index in [1.165, 1.54) is 0 Å². The predicted molar refractivity (Wildman–Crippen MR) is 92.9 cm³/mol. The highest BCUT2D eigenvalue weighted by molar-refractivity contribution is 5.76. The van der Waals surface area contributed by atoms with Crippen molar-refractivity contribution >= 4 is 10.9 Å². The summed E-state index contributed by atoms with van der Waals surface area (Å²) in [6.45, 7) is 7.32. The molecule has 126 valence electrons. The Balaban J connectivity index is 1.65. The molecule has 0 aliphatic carbocycles. The lowest BCUT2D eigenvalue weighted by atomic mass is 10.1. The Morgan fingerprint density at radius 2 is 2.04 bits per heavy atom. The standard InChI is InChI=1S/C18H22N4O2/c1-12(2)17-8-14(21-24-17)9-19-13(3)10-22-11-20-16-7-5-4-6-15(16)18(22)23/h4-8,11-13,19H,9-10H2,1-3H3/t13-/m0/s1. The van der Waals surface area contributed by atoms with E-state index in [0.717, 1.165) is 17.0 Å². The Morgan fingerprint density at radius 1 is 1.25 bits per heavy atom. The maximum atomic E-state index is 12.5. The summed E-state index contributed by atoms with van der Waals surface area (Å²) >= 11 is 0. The highest BCUT2D eigenvalue weighted by atomic mass is 16.5. The topological polar surface area (TPSA) is 73.0 Å². The van der Waals surface area contributed by atoms with Gasteiger partial charge >= 0.3 is 0 Å². The normalized spacial score (nSPS) is 12.8. The molecule has 0 radical (unpaired) electrons. The van der Waals surface area contributed by atoms with Crippen LogP contribution in [0.4, 0.5) is 0 Å². The van der Waals surface area contributed by atoms with E-state index >= 15 is 0 Å². The molecule has 1 atom stereocenters. The van der Waals surface area contributed by atoms with Crippen LogP contribution in [0.15, 0.2) is 46.0 Å². The third-order valence-electron chi connectivity index (χ3n) is 3.98. The van der Waals surface area contributed by atoms with Crippen LogP contribution in [-0.4, -0.2) is 20.7 Å². The van der Waals surface area contributed by atoms with Crippen LogP contribution in [0.3, 0.4) is 0 Å². The Bertz CT molecular complexity index is 882. The quantitative estimate of drug-likeness (QED) is 0.754. The molecular formula is C18H22N4O2. The number of benzene rings is 1. The maximum absolute atomic E-state index is 12.5. The van der Waals surface area contributed by atoms with E-state index in [-0.39, 0.29) is 11.6 Å². The zero-order chi connectivity index (χ0) is 17.1. The summed E-state index contributed by atoms with van der Waals surface area (Å²) in [7, 11) is 0. The van der Waals surface area contributed by atoms with Crippen LogP contribution in [0.25, 0.3) is 10.9 Å². The van der Waals surface area contributed by atoms with E-state index in [0.29, 0.717) is 24.4 Å². The van der Waals surface area contributed by atoms with Gasteiger partial charge in [-0.25, -0.2) is 4.98 Å². The Hall–Kier alpha value is -2.47. The molecule has 6 nitrogen and oxygen atoms in total. The summed E-state index contributed by atoms with van der Waals surface area (Å²) in [5.74, 6) is 1.21. The van der Waals surface area contributed by atoms with Crippen molar-refractivity contribution in [3.05, 3.63) is 58.5 Å². The van der Waals surface area contributed by atoms with Crippen LogP contribution < -0.4 is 10.9 Å². The fourth-order valence-electron chi connectivity index (χ4n) is 2.56. The van der Waals surface area contributed by atoms with Crippen LogP contribution >= 0.6 is 0 Å². The number of para-hydroxylation sites is 1. The molecule has 1 N–H and O–H groups in total. The number of aromatic nitrogens is 3. The summed E-state index contributed by atoms with van der Waals surface area (Å²) in [5, 5.41) is 8.07. The van der Waals surface area contributed by atoms with E-state index in [2.05, 4.69) is 29.3 Å². The summed E-state index contributed by atoms with van der Waals surface area (Å²) < 4.78 is 6.93. The molecule has 0 bridgehead atoms. The number of hydrogen-bond donors (Lipinski definition) is 1. The van der Waals surface area contributed by atoms with Gasteiger partial charge in [0.2, 0.25) is 0 Å². The van der Waals surface area contributed by atoms with Crippen molar-refractivity contribution in [1.82, 2.24) is 20.0 Å². The maximum Gasteiger partial charge on any atom is 0.261 e. The second-order valence-corrected chi connectivity index (χ2v) is 6.38. The van der Waals surface area contributed by atoms with Crippen molar-refractivity contribution in [2.24, 2.45) is 0 Å². The van der Waals surface area contributed by atoms with Crippen LogP contribution in [-0.2, 0) is 13.1 Å². The molecule has 0 aliphatic rings. The SMILES string of the molecule is CC(C)c1cc(CN[C@@H](C)Cn2cnc3ccccc3c2=O)no1. The van der Waals surface area contributed by atoms with Crippen LogP contribution in [0.1, 0.15) is 38.1 Å². The highest BCUT2D eigenvalue weighted by Crippen LogP contribution is 2.14. The summed E-state index contributed by atoms with van der Waals surface area (Å²) in [6, 6.07) is 9.46. The first kappa shape index (κ1) is 16.4. The molecule has 1 aromatic carbocycles. The highest BCUT2D eigenvalue weighted by Gasteiger charge is 2.10. The van der Waals surface area contributed by atoms with Gasteiger partial charge in [0.1, 0.15) is 5.76 Å². The third-order valence-corrected chi connectivity index (χ3v) is 3.98. The zero-order valence-corrected chi connectivity index (χ0v) is 14.2. The van der Waals surface area contributed by atoms with Crippen molar-refractivity contribution in [3.63, 3.8) is 0 Å². The first-order chi connectivity index (χ1) is 11.5. The number of rotatable bonds is 6. The van der Waals surface area contributed by atoms with Crippen molar-refractivity contribution < 1.29 is 4.52 Å². The minimum absolute atomic E-state index is 0.0159. The molecule has 0 spiro atoms. The largest absolute Gasteiger partial charge is 0.361 e. The van der Waals surface area contributed by atoms with E-state index in [1.807, 2.05) is 37.3 Å². The number of nitrogens with zero attached hydrogens (tertiary/aromatic N) is 3. The minimum atomic E-state index is -0.0159. The van der Waals surface area contributed by atoms with Crippen molar-refractivity contribution in [1.29, 1.82) is 0 Å². The number of fused-ring (bicyclic) bond motifs is 1. The second-order valence-electron chi connectivity index (χ2n) is 6.38. The summed E-state index contributed by atoms with van der Waals surface area (Å²) in [5.41, 5.74) is 1.58. The smallest absolute Gasteiger partial charge is 0.261 e. The van der Waals surface area contributed by atoms with E-state index in [9.17, 15) is 4.79 Å². The average Bonchev–Trinajstić information content (AvgIpc) is 3.05. The van der Waals surface area contributed by atoms with Crippen LogP contribution in [0.5, 0.6) is 0 Å². The predicted octanol–water partition coefficient (Wildman–Crippen LogP) is 2.69. The molecule has 6 heteroatoms. The molecule has 0 unspecified atom stereocenters. The molecule has 2 heterocycles. The van der Waals surface area contributed by atoms with Crippen molar-refractivity contribution in [2.75, 3.05) is 0 Å². The minimum Gasteiger partial charge on any atom is -0.361 e. The average molecular weight is 326 g/mol. The molecule has 0 saturated heterocycles. The lowest BCUT2D eigenvalue weighted by Gasteiger charge is -2.14. The van der Waals surface area contributed by atoms with Gasteiger partial charge in [0, 0.05) is 31.1 Å².